The van der Waals surface area contributed by atoms with Crippen molar-refractivity contribution in [2.45, 2.75) is 26.2 Å². The molecule has 2 heterocycles. The summed E-state index contributed by atoms with van der Waals surface area (Å²) in [6.45, 7) is 4.02. The molecule has 5 heteroatoms. The smallest absolute Gasteiger partial charge is 0.230 e. The third-order valence-electron chi connectivity index (χ3n) is 4.75. The van der Waals surface area contributed by atoms with Gasteiger partial charge in [0.2, 0.25) is 11.8 Å². The number of carbonyl (C=O) groups is 2. The molecule has 0 spiro atoms. The fourth-order valence-electron chi connectivity index (χ4n) is 3.34. The maximum absolute atomic E-state index is 12.9. The van der Waals surface area contributed by atoms with Crippen molar-refractivity contribution < 1.29 is 9.59 Å². The largest absolute Gasteiger partial charge is 0.342 e. The normalized spacial score (nSPS) is 15.2. The maximum Gasteiger partial charge on any atom is 0.230 e. The monoisotopic (exact) mass is 356 g/mol. The molecule has 0 aliphatic carbocycles. The van der Waals surface area contributed by atoms with Gasteiger partial charge in [0.25, 0.3) is 0 Å². The van der Waals surface area contributed by atoms with E-state index in [0.717, 1.165) is 23.4 Å². The molecule has 0 radical (unpaired) electrons. The van der Waals surface area contributed by atoms with Crippen LogP contribution in [0, 0.1) is 5.92 Å². The summed E-state index contributed by atoms with van der Waals surface area (Å²) in [5.41, 5.74) is 0.950. The highest BCUT2D eigenvalue weighted by Crippen LogP contribution is 2.24. The minimum atomic E-state index is 0.00550. The van der Waals surface area contributed by atoms with Crippen LogP contribution in [0.4, 0.5) is 5.69 Å². The van der Waals surface area contributed by atoms with E-state index in [2.05, 4.69) is 0 Å². The van der Waals surface area contributed by atoms with Crippen LogP contribution in [0.1, 0.15) is 24.6 Å². The average molecular weight is 356 g/mol. The Bertz CT molecular complexity index is 692. The number of carbonyl (C=O) groups excluding carboxylic acids is 2. The second-order valence-corrected chi connectivity index (χ2v) is 7.36. The van der Waals surface area contributed by atoms with Gasteiger partial charge in [0.05, 0.1) is 6.42 Å². The molecule has 4 nitrogen and oxygen atoms in total. The van der Waals surface area contributed by atoms with E-state index in [4.69, 9.17) is 0 Å². The van der Waals surface area contributed by atoms with Crippen LogP contribution in [0.5, 0.6) is 0 Å². The van der Waals surface area contributed by atoms with Gasteiger partial charge in [-0.1, -0.05) is 24.3 Å². The Morgan fingerprint density at radius 1 is 1.12 bits per heavy atom. The molecule has 1 aliphatic rings. The van der Waals surface area contributed by atoms with Crippen molar-refractivity contribution in [3.8, 4) is 0 Å². The molecule has 132 valence electrons. The first-order chi connectivity index (χ1) is 12.2. The lowest BCUT2D eigenvalue weighted by Gasteiger charge is -2.34. The van der Waals surface area contributed by atoms with Gasteiger partial charge in [0, 0.05) is 36.1 Å². The van der Waals surface area contributed by atoms with Crippen molar-refractivity contribution in [1.29, 1.82) is 0 Å². The summed E-state index contributed by atoms with van der Waals surface area (Å²) in [7, 11) is 0. The summed E-state index contributed by atoms with van der Waals surface area (Å²) in [6, 6.07) is 13.8. The third-order valence-corrected chi connectivity index (χ3v) is 5.63. The van der Waals surface area contributed by atoms with Crippen molar-refractivity contribution in [3.63, 3.8) is 0 Å². The van der Waals surface area contributed by atoms with E-state index in [-0.39, 0.29) is 17.7 Å². The third kappa shape index (κ3) is 4.28. The van der Waals surface area contributed by atoms with Crippen molar-refractivity contribution in [3.05, 3.63) is 52.7 Å². The zero-order valence-electron chi connectivity index (χ0n) is 14.6. The van der Waals surface area contributed by atoms with Gasteiger partial charge in [-0.3, -0.25) is 9.59 Å². The summed E-state index contributed by atoms with van der Waals surface area (Å²) >= 11 is 1.62. The molecule has 0 N–H and O–H groups in total. The van der Waals surface area contributed by atoms with Crippen LogP contribution in [-0.2, 0) is 16.0 Å². The molecule has 1 aromatic heterocycles. The Kier molecular flexibility index (Phi) is 5.87. The molecule has 3 rings (SSSR count). The molecule has 0 bridgehead atoms. The quantitative estimate of drug-likeness (QED) is 0.821. The summed E-state index contributed by atoms with van der Waals surface area (Å²) in [5.74, 6) is 0.355. The highest BCUT2D eigenvalue weighted by atomic mass is 32.1. The molecule has 1 saturated heterocycles. The molecule has 0 atom stereocenters. The maximum atomic E-state index is 12.9. The number of para-hydroxylation sites is 1. The molecule has 0 unspecified atom stereocenters. The zero-order chi connectivity index (χ0) is 17.6. The summed E-state index contributed by atoms with van der Waals surface area (Å²) < 4.78 is 0. The van der Waals surface area contributed by atoms with E-state index in [1.807, 2.05) is 64.6 Å². The van der Waals surface area contributed by atoms with Gasteiger partial charge in [0.15, 0.2) is 0 Å². The number of hydrogen-bond acceptors (Lipinski definition) is 3. The molecule has 1 fully saturated rings. The highest BCUT2D eigenvalue weighted by molar-refractivity contribution is 7.10. The van der Waals surface area contributed by atoms with E-state index in [1.54, 1.807) is 11.3 Å². The van der Waals surface area contributed by atoms with E-state index in [0.29, 0.717) is 26.1 Å². The molecular weight excluding hydrogens is 332 g/mol. The molecule has 25 heavy (non-hydrogen) atoms. The van der Waals surface area contributed by atoms with Gasteiger partial charge in [-0.15, -0.1) is 11.3 Å². The number of thiophene rings is 1. The van der Waals surface area contributed by atoms with Crippen molar-refractivity contribution in [2.24, 2.45) is 5.92 Å². The van der Waals surface area contributed by atoms with Gasteiger partial charge in [-0.25, -0.2) is 0 Å². The fourth-order valence-corrected chi connectivity index (χ4v) is 4.04. The van der Waals surface area contributed by atoms with Crippen LogP contribution >= 0.6 is 11.3 Å². The predicted molar refractivity (Wildman–Crippen MR) is 102 cm³/mol. The molecule has 1 aliphatic heterocycles. The van der Waals surface area contributed by atoms with E-state index < -0.39 is 0 Å². The summed E-state index contributed by atoms with van der Waals surface area (Å²) in [6.07, 6.45) is 1.97. The second kappa shape index (κ2) is 8.30. The van der Waals surface area contributed by atoms with Crippen LogP contribution < -0.4 is 4.90 Å². The number of hydrogen-bond donors (Lipinski definition) is 0. The van der Waals surface area contributed by atoms with Crippen molar-refractivity contribution in [1.82, 2.24) is 4.90 Å². The first-order valence-corrected chi connectivity index (χ1v) is 9.73. The number of piperidine rings is 1. The Labute approximate surface area is 153 Å². The minimum absolute atomic E-state index is 0.00550. The highest BCUT2D eigenvalue weighted by Gasteiger charge is 2.30. The van der Waals surface area contributed by atoms with Gasteiger partial charge in [-0.05, 0) is 43.3 Å². The zero-order valence-corrected chi connectivity index (χ0v) is 15.4. The Morgan fingerprint density at radius 3 is 2.44 bits per heavy atom. The topological polar surface area (TPSA) is 40.6 Å². The van der Waals surface area contributed by atoms with Gasteiger partial charge < -0.3 is 9.80 Å². The average Bonchev–Trinajstić information content (AvgIpc) is 3.16. The fraction of sp³-hybridized carbons (Fsp3) is 0.400. The van der Waals surface area contributed by atoms with Gasteiger partial charge in [0.1, 0.15) is 0 Å². The first kappa shape index (κ1) is 17.7. The minimum Gasteiger partial charge on any atom is -0.342 e. The van der Waals surface area contributed by atoms with Crippen LogP contribution in [0.25, 0.3) is 0 Å². The number of benzene rings is 1. The van der Waals surface area contributed by atoms with Crippen LogP contribution in [-0.4, -0.2) is 36.3 Å². The Balaban J connectivity index is 1.56. The summed E-state index contributed by atoms with van der Waals surface area (Å²) in [5, 5.41) is 2.00. The standard InChI is InChI=1S/C20H24N2O2S/c1-2-22(17-7-4-3-5-8-17)20(24)16-10-12-21(13-11-16)19(23)15-18-9-6-14-25-18/h3-9,14,16H,2,10-13,15H2,1H3. The molecule has 1 aromatic carbocycles. The van der Waals surface area contributed by atoms with Crippen molar-refractivity contribution in [2.75, 3.05) is 24.5 Å². The van der Waals surface area contributed by atoms with Crippen LogP contribution in [0.3, 0.4) is 0 Å². The van der Waals surface area contributed by atoms with Crippen LogP contribution in [0.15, 0.2) is 47.8 Å². The van der Waals surface area contributed by atoms with E-state index in [1.165, 1.54) is 0 Å². The Morgan fingerprint density at radius 2 is 1.84 bits per heavy atom. The van der Waals surface area contributed by atoms with E-state index >= 15 is 0 Å². The van der Waals surface area contributed by atoms with Crippen LogP contribution in [0.2, 0.25) is 0 Å². The molecule has 2 aromatic rings. The first-order valence-electron chi connectivity index (χ1n) is 8.85. The van der Waals surface area contributed by atoms with Gasteiger partial charge >= 0.3 is 0 Å². The number of amides is 2. The number of anilines is 1. The van der Waals surface area contributed by atoms with Crippen molar-refractivity contribution >= 4 is 28.8 Å². The lowest BCUT2D eigenvalue weighted by atomic mass is 9.94. The SMILES string of the molecule is CCN(C(=O)C1CCN(C(=O)Cc2cccs2)CC1)c1ccccc1. The molecule has 2 amide bonds. The van der Waals surface area contributed by atoms with E-state index in [9.17, 15) is 9.59 Å². The Hall–Kier alpha value is -2.14. The molecular formula is C20H24N2O2S. The lowest BCUT2D eigenvalue weighted by Crippen LogP contribution is -2.45. The lowest BCUT2D eigenvalue weighted by molar-refractivity contribution is -0.134. The molecule has 0 saturated carbocycles. The second-order valence-electron chi connectivity index (χ2n) is 6.33. The number of rotatable bonds is 5. The number of nitrogens with zero attached hydrogens (tertiary/aromatic N) is 2. The van der Waals surface area contributed by atoms with Gasteiger partial charge in [-0.2, -0.15) is 0 Å². The summed E-state index contributed by atoms with van der Waals surface area (Å²) in [4.78, 5) is 30.1. The number of likely N-dealkylation sites (tertiary alicyclic amines) is 1. The predicted octanol–water partition coefficient (Wildman–Crippen LogP) is 3.58.